The average molecular weight is 272 g/mol. The van der Waals surface area contributed by atoms with Gasteiger partial charge in [0.1, 0.15) is 0 Å². The van der Waals surface area contributed by atoms with Gasteiger partial charge in [0.15, 0.2) is 0 Å². The van der Waals surface area contributed by atoms with Crippen molar-refractivity contribution in [3.8, 4) is 0 Å². The highest BCUT2D eigenvalue weighted by Gasteiger charge is 2.15. The molecule has 0 aromatic heterocycles. The van der Waals surface area contributed by atoms with E-state index in [1.165, 1.54) is 12.2 Å². The van der Waals surface area contributed by atoms with Gasteiger partial charge in [0, 0.05) is 30.9 Å². The lowest BCUT2D eigenvalue weighted by Gasteiger charge is -2.11. The van der Waals surface area contributed by atoms with Gasteiger partial charge in [0.2, 0.25) is 11.8 Å². The van der Waals surface area contributed by atoms with Gasteiger partial charge in [-0.25, -0.2) is 0 Å². The minimum atomic E-state index is -0.275. The van der Waals surface area contributed by atoms with E-state index in [1.807, 2.05) is 32.0 Å². The lowest BCUT2D eigenvalue weighted by molar-refractivity contribution is -0.125. The molecule has 1 heterocycles. The molecular formula is C16H20N2O2. The molecule has 106 valence electrons. The number of rotatable bonds is 3. The highest BCUT2D eigenvalue weighted by Crippen LogP contribution is 2.13. The van der Waals surface area contributed by atoms with E-state index in [9.17, 15) is 9.59 Å². The quantitative estimate of drug-likeness (QED) is 0.859. The highest BCUT2D eigenvalue weighted by molar-refractivity contribution is 6.03. The van der Waals surface area contributed by atoms with Crippen LogP contribution in [-0.4, -0.2) is 29.8 Å². The number of hydrogen-bond donors (Lipinski definition) is 1. The maximum atomic E-state index is 11.8. The second-order valence-corrected chi connectivity index (χ2v) is 5.23. The number of nitrogens with one attached hydrogen (secondary N) is 1. The van der Waals surface area contributed by atoms with Gasteiger partial charge in [-0.2, -0.15) is 0 Å². The van der Waals surface area contributed by atoms with E-state index in [2.05, 4.69) is 5.32 Å². The van der Waals surface area contributed by atoms with Crippen LogP contribution in [0.4, 0.5) is 5.69 Å². The minimum Gasteiger partial charge on any atom is -0.339 e. The Kier molecular flexibility index (Phi) is 4.56. The number of anilines is 1. The standard InChI is InChI=1S/C16H20N2O2/c1-12-9-13(2)11-14(10-12)17-15(19)5-6-16(20)18-7-3-4-8-18/h5-6,9-11H,3-4,7-8H2,1-2H3,(H,17,19)/b6-5-. The van der Waals surface area contributed by atoms with Crippen LogP contribution in [0.15, 0.2) is 30.4 Å². The summed E-state index contributed by atoms with van der Waals surface area (Å²) in [5.74, 6) is -0.361. The van der Waals surface area contributed by atoms with Crippen molar-refractivity contribution < 1.29 is 9.59 Å². The fourth-order valence-corrected chi connectivity index (χ4v) is 2.42. The molecule has 1 aromatic rings. The van der Waals surface area contributed by atoms with E-state index >= 15 is 0 Å². The molecule has 1 saturated heterocycles. The van der Waals surface area contributed by atoms with Crippen LogP contribution in [0.5, 0.6) is 0 Å². The third-order valence-corrected chi connectivity index (χ3v) is 3.28. The van der Waals surface area contributed by atoms with E-state index < -0.39 is 0 Å². The van der Waals surface area contributed by atoms with Gasteiger partial charge < -0.3 is 10.2 Å². The molecule has 1 fully saturated rings. The molecule has 4 heteroatoms. The van der Waals surface area contributed by atoms with Crippen molar-refractivity contribution in [2.45, 2.75) is 26.7 Å². The van der Waals surface area contributed by atoms with Crippen LogP contribution < -0.4 is 5.32 Å². The fourth-order valence-electron chi connectivity index (χ4n) is 2.42. The summed E-state index contributed by atoms with van der Waals surface area (Å²) in [6.07, 6.45) is 4.75. The van der Waals surface area contributed by atoms with Gasteiger partial charge in [-0.05, 0) is 49.9 Å². The van der Waals surface area contributed by atoms with Crippen molar-refractivity contribution in [3.63, 3.8) is 0 Å². The van der Waals surface area contributed by atoms with E-state index in [0.717, 1.165) is 42.7 Å². The summed E-state index contributed by atoms with van der Waals surface area (Å²) < 4.78 is 0. The van der Waals surface area contributed by atoms with Gasteiger partial charge in [0.05, 0.1) is 0 Å². The smallest absolute Gasteiger partial charge is 0.248 e. The van der Waals surface area contributed by atoms with E-state index in [0.29, 0.717) is 0 Å². The number of aryl methyl sites for hydroxylation is 2. The number of carbonyl (C=O) groups is 2. The molecule has 0 atom stereocenters. The van der Waals surface area contributed by atoms with E-state index in [-0.39, 0.29) is 11.8 Å². The van der Waals surface area contributed by atoms with Gasteiger partial charge in [-0.1, -0.05) is 6.07 Å². The monoisotopic (exact) mass is 272 g/mol. The predicted octanol–water partition coefficient (Wildman–Crippen LogP) is 2.42. The number of nitrogens with zero attached hydrogens (tertiary/aromatic N) is 1. The topological polar surface area (TPSA) is 49.4 Å². The number of hydrogen-bond acceptors (Lipinski definition) is 2. The Morgan fingerprint density at radius 1 is 1.05 bits per heavy atom. The van der Waals surface area contributed by atoms with Crippen LogP contribution >= 0.6 is 0 Å². The van der Waals surface area contributed by atoms with Gasteiger partial charge in [0.25, 0.3) is 0 Å². The van der Waals surface area contributed by atoms with Crippen molar-refractivity contribution in [2.24, 2.45) is 0 Å². The second-order valence-electron chi connectivity index (χ2n) is 5.23. The summed E-state index contributed by atoms with van der Waals surface area (Å²) in [6.45, 7) is 5.55. The molecule has 1 aliphatic rings. The largest absolute Gasteiger partial charge is 0.339 e. The van der Waals surface area contributed by atoms with Crippen molar-refractivity contribution in [1.82, 2.24) is 4.90 Å². The first-order chi connectivity index (χ1) is 9.54. The Balaban J connectivity index is 1.92. The van der Waals surface area contributed by atoms with Crippen LogP contribution in [0.3, 0.4) is 0 Å². The summed E-state index contributed by atoms with van der Waals surface area (Å²) in [5, 5.41) is 2.77. The van der Waals surface area contributed by atoms with Crippen molar-refractivity contribution in [2.75, 3.05) is 18.4 Å². The van der Waals surface area contributed by atoms with E-state index in [1.54, 1.807) is 4.90 Å². The minimum absolute atomic E-state index is 0.0851. The zero-order chi connectivity index (χ0) is 14.5. The average Bonchev–Trinajstić information content (AvgIpc) is 2.88. The lowest BCUT2D eigenvalue weighted by atomic mass is 10.1. The first-order valence-electron chi connectivity index (χ1n) is 6.91. The Labute approximate surface area is 119 Å². The molecule has 0 bridgehead atoms. The second kappa shape index (κ2) is 6.37. The maximum absolute atomic E-state index is 11.8. The van der Waals surface area contributed by atoms with Crippen LogP contribution in [0.2, 0.25) is 0 Å². The Bertz CT molecular complexity index is 523. The molecule has 0 aliphatic carbocycles. The summed E-state index contributed by atoms with van der Waals surface area (Å²) >= 11 is 0. The van der Waals surface area contributed by atoms with Gasteiger partial charge >= 0.3 is 0 Å². The summed E-state index contributed by atoms with van der Waals surface area (Å²) in [7, 11) is 0. The molecule has 1 N–H and O–H groups in total. The molecule has 1 aromatic carbocycles. The van der Waals surface area contributed by atoms with Crippen LogP contribution in [0.25, 0.3) is 0 Å². The Morgan fingerprint density at radius 2 is 1.65 bits per heavy atom. The predicted molar refractivity (Wildman–Crippen MR) is 79.5 cm³/mol. The number of amides is 2. The zero-order valence-electron chi connectivity index (χ0n) is 12.0. The fraction of sp³-hybridized carbons (Fsp3) is 0.375. The van der Waals surface area contributed by atoms with Crippen LogP contribution in [0.1, 0.15) is 24.0 Å². The zero-order valence-corrected chi connectivity index (χ0v) is 12.0. The summed E-state index contributed by atoms with van der Waals surface area (Å²) in [6, 6.07) is 5.85. The molecule has 0 unspecified atom stereocenters. The van der Waals surface area contributed by atoms with Crippen molar-refractivity contribution >= 4 is 17.5 Å². The lowest BCUT2D eigenvalue weighted by Crippen LogP contribution is -2.26. The third-order valence-electron chi connectivity index (χ3n) is 3.28. The Morgan fingerprint density at radius 3 is 2.25 bits per heavy atom. The SMILES string of the molecule is Cc1cc(C)cc(NC(=O)/C=C\C(=O)N2CCCC2)c1. The first-order valence-corrected chi connectivity index (χ1v) is 6.91. The van der Waals surface area contributed by atoms with E-state index in [4.69, 9.17) is 0 Å². The van der Waals surface area contributed by atoms with Crippen molar-refractivity contribution in [3.05, 3.63) is 41.5 Å². The van der Waals surface area contributed by atoms with Crippen molar-refractivity contribution in [1.29, 1.82) is 0 Å². The van der Waals surface area contributed by atoms with Crippen LogP contribution in [-0.2, 0) is 9.59 Å². The molecule has 0 radical (unpaired) electrons. The molecule has 20 heavy (non-hydrogen) atoms. The number of carbonyl (C=O) groups excluding carboxylic acids is 2. The molecule has 1 aliphatic heterocycles. The molecule has 2 amide bonds. The summed E-state index contributed by atoms with van der Waals surface area (Å²) in [5.41, 5.74) is 2.95. The number of likely N-dealkylation sites (tertiary alicyclic amines) is 1. The van der Waals surface area contributed by atoms with Gasteiger partial charge in [-0.15, -0.1) is 0 Å². The molecule has 0 spiro atoms. The normalized spacial score (nSPS) is 14.8. The van der Waals surface area contributed by atoms with Crippen LogP contribution in [0, 0.1) is 13.8 Å². The Hall–Kier alpha value is -2.10. The summed E-state index contributed by atoms with van der Waals surface area (Å²) in [4.78, 5) is 25.3. The number of benzene rings is 1. The molecular weight excluding hydrogens is 252 g/mol. The first kappa shape index (κ1) is 14.3. The van der Waals surface area contributed by atoms with Gasteiger partial charge in [-0.3, -0.25) is 9.59 Å². The maximum Gasteiger partial charge on any atom is 0.248 e. The molecule has 2 rings (SSSR count). The highest BCUT2D eigenvalue weighted by atomic mass is 16.2. The molecule has 4 nitrogen and oxygen atoms in total. The third kappa shape index (κ3) is 3.95. The molecule has 0 saturated carbocycles.